The molecule has 2 aliphatic rings. The van der Waals surface area contributed by atoms with Gasteiger partial charge < -0.3 is 10.0 Å². The Morgan fingerprint density at radius 3 is 2.87 bits per heavy atom. The number of anilines is 1. The molecule has 156 valence electrons. The molecule has 2 saturated heterocycles. The van der Waals surface area contributed by atoms with Crippen LogP contribution in [0.4, 0.5) is 5.69 Å². The van der Waals surface area contributed by atoms with E-state index in [9.17, 15) is 9.90 Å². The number of pyridine rings is 1. The number of aliphatic hydroxyl groups excluding tert-OH is 1. The van der Waals surface area contributed by atoms with E-state index in [1.165, 1.54) is 10.9 Å². The van der Waals surface area contributed by atoms with Crippen molar-refractivity contribution in [3.8, 4) is 0 Å². The monoisotopic (exact) mass is 405 g/mol. The third-order valence-electron chi connectivity index (χ3n) is 6.33. The highest BCUT2D eigenvalue weighted by Gasteiger charge is 2.25. The fraction of sp³-hybridized carbons (Fsp3) is 0.435. The largest absolute Gasteiger partial charge is 0.391 e. The second kappa shape index (κ2) is 8.16. The van der Waals surface area contributed by atoms with Crippen LogP contribution < -0.4 is 10.5 Å². The van der Waals surface area contributed by atoms with Gasteiger partial charge in [-0.3, -0.25) is 14.7 Å². The third-order valence-corrected chi connectivity index (χ3v) is 6.33. The Labute approximate surface area is 175 Å². The van der Waals surface area contributed by atoms with Crippen molar-refractivity contribution in [3.63, 3.8) is 0 Å². The molecule has 0 saturated carbocycles. The predicted molar refractivity (Wildman–Crippen MR) is 117 cm³/mol. The summed E-state index contributed by atoms with van der Waals surface area (Å²) in [6.07, 6.45) is 7.96. The maximum atomic E-state index is 12.8. The molecule has 3 aromatic rings. The first-order chi connectivity index (χ1) is 14.7. The number of fused-ring (bicyclic) bond motifs is 1. The van der Waals surface area contributed by atoms with E-state index in [0.717, 1.165) is 56.5 Å². The molecule has 2 fully saturated rings. The Bertz CT molecular complexity index is 1090. The predicted octanol–water partition coefficient (Wildman–Crippen LogP) is 2.20. The average molecular weight is 406 g/mol. The van der Waals surface area contributed by atoms with Crippen molar-refractivity contribution in [1.82, 2.24) is 19.7 Å². The SMILES string of the molecule is O=c1cc(N2CC[C@H](O)C2)cnn1[C@H]1CCCN(Cc2cccc3cnccc23)C1. The van der Waals surface area contributed by atoms with Gasteiger partial charge in [0, 0.05) is 50.0 Å². The number of nitrogens with zero attached hydrogens (tertiary/aromatic N) is 5. The van der Waals surface area contributed by atoms with Crippen molar-refractivity contribution in [3.05, 3.63) is 64.8 Å². The molecule has 5 rings (SSSR count). The zero-order valence-electron chi connectivity index (χ0n) is 17.0. The van der Waals surface area contributed by atoms with Gasteiger partial charge in [0.1, 0.15) is 0 Å². The van der Waals surface area contributed by atoms with Crippen LogP contribution in [0, 0.1) is 0 Å². The maximum absolute atomic E-state index is 12.8. The highest BCUT2D eigenvalue weighted by Crippen LogP contribution is 2.25. The van der Waals surface area contributed by atoms with E-state index in [1.54, 1.807) is 16.9 Å². The summed E-state index contributed by atoms with van der Waals surface area (Å²) in [5, 5.41) is 16.7. The highest BCUT2D eigenvalue weighted by atomic mass is 16.3. The Hall–Kier alpha value is -2.77. The van der Waals surface area contributed by atoms with Crippen molar-refractivity contribution < 1.29 is 5.11 Å². The Kier molecular flexibility index (Phi) is 5.23. The molecule has 0 amide bonds. The van der Waals surface area contributed by atoms with Crippen LogP contribution in [-0.4, -0.2) is 57.1 Å². The number of hydrogen-bond acceptors (Lipinski definition) is 6. The number of β-amino-alcohol motifs (C(OH)–C–C–N with tert-alkyl or cyclic N) is 1. The Balaban J connectivity index is 1.32. The lowest BCUT2D eigenvalue weighted by Crippen LogP contribution is -2.40. The summed E-state index contributed by atoms with van der Waals surface area (Å²) in [6.45, 7) is 4.04. The molecule has 0 radical (unpaired) electrons. The normalized spacial score (nSPS) is 22.6. The number of hydrogen-bond donors (Lipinski definition) is 1. The van der Waals surface area contributed by atoms with Crippen LogP contribution in [0.3, 0.4) is 0 Å². The molecule has 0 aliphatic carbocycles. The summed E-state index contributed by atoms with van der Waals surface area (Å²) >= 11 is 0. The molecule has 0 spiro atoms. The highest BCUT2D eigenvalue weighted by molar-refractivity contribution is 5.84. The van der Waals surface area contributed by atoms with Crippen LogP contribution in [0.15, 0.2) is 53.7 Å². The average Bonchev–Trinajstić information content (AvgIpc) is 3.20. The molecule has 1 N–H and O–H groups in total. The summed E-state index contributed by atoms with van der Waals surface area (Å²) in [4.78, 5) is 21.5. The molecule has 0 unspecified atom stereocenters. The second-order valence-electron chi connectivity index (χ2n) is 8.43. The zero-order chi connectivity index (χ0) is 20.5. The minimum Gasteiger partial charge on any atom is -0.391 e. The topological polar surface area (TPSA) is 74.5 Å². The van der Waals surface area contributed by atoms with Crippen molar-refractivity contribution in [2.45, 2.75) is 38.0 Å². The number of likely N-dealkylation sites (tertiary alicyclic amines) is 1. The summed E-state index contributed by atoms with van der Waals surface area (Å²) in [5.74, 6) is 0. The van der Waals surface area contributed by atoms with Gasteiger partial charge in [0.15, 0.2) is 0 Å². The van der Waals surface area contributed by atoms with Gasteiger partial charge in [0.05, 0.1) is 24.0 Å². The van der Waals surface area contributed by atoms with Crippen molar-refractivity contribution in [2.24, 2.45) is 0 Å². The van der Waals surface area contributed by atoms with Gasteiger partial charge in [-0.15, -0.1) is 0 Å². The molecule has 30 heavy (non-hydrogen) atoms. The number of rotatable bonds is 4. The van der Waals surface area contributed by atoms with E-state index in [2.05, 4.69) is 39.2 Å². The van der Waals surface area contributed by atoms with Gasteiger partial charge in [-0.05, 0) is 42.8 Å². The first kappa shape index (κ1) is 19.2. The third kappa shape index (κ3) is 3.82. The molecule has 0 bridgehead atoms. The fourth-order valence-corrected chi connectivity index (χ4v) is 4.77. The summed E-state index contributed by atoms with van der Waals surface area (Å²) < 4.78 is 1.65. The molecule has 7 nitrogen and oxygen atoms in total. The number of aliphatic hydroxyl groups is 1. The molecular weight excluding hydrogens is 378 g/mol. The van der Waals surface area contributed by atoms with Crippen LogP contribution in [-0.2, 0) is 6.54 Å². The van der Waals surface area contributed by atoms with Gasteiger partial charge >= 0.3 is 0 Å². The van der Waals surface area contributed by atoms with E-state index in [4.69, 9.17) is 0 Å². The van der Waals surface area contributed by atoms with Crippen LogP contribution >= 0.6 is 0 Å². The van der Waals surface area contributed by atoms with E-state index in [0.29, 0.717) is 6.54 Å². The maximum Gasteiger partial charge on any atom is 0.269 e. The van der Waals surface area contributed by atoms with Crippen molar-refractivity contribution in [1.29, 1.82) is 0 Å². The molecule has 1 aromatic carbocycles. The Morgan fingerprint density at radius 2 is 2.03 bits per heavy atom. The number of benzene rings is 1. The van der Waals surface area contributed by atoms with Crippen LogP contribution in [0.2, 0.25) is 0 Å². The van der Waals surface area contributed by atoms with E-state index < -0.39 is 0 Å². The minimum atomic E-state index is -0.316. The van der Waals surface area contributed by atoms with Crippen molar-refractivity contribution >= 4 is 16.5 Å². The Morgan fingerprint density at radius 1 is 1.10 bits per heavy atom. The molecule has 2 aliphatic heterocycles. The summed E-state index contributed by atoms with van der Waals surface area (Å²) in [7, 11) is 0. The first-order valence-electron chi connectivity index (χ1n) is 10.7. The van der Waals surface area contributed by atoms with E-state index >= 15 is 0 Å². The van der Waals surface area contributed by atoms with Crippen LogP contribution in [0.1, 0.15) is 30.9 Å². The minimum absolute atomic E-state index is 0.0584. The fourth-order valence-electron chi connectivity index (χ4n) is 4.77. The van der Waals surface area contributed by atoms with E-state index in [-0.39, 0.29) is 17.7 Å². The zero-order valence-corrected chi connectivity index (χ0v) is 17.0. The molecule has 2 atom stereocenters. The van der Waals surface area contributed by atoms with Crippen LogP contribution in [0.5, 0.6) is 0 Å². The molecule has 2 aromatic heterocycles. The molecular formula is C23H27N5O2. The standard InChI is InChI=1S/C23H27N5O2/c29-21-7-10-27(16-21)20-11-23(30)28(25-13-20)19-5-2-9-26(15-19)14-18-4-1-3-17-12-24-8-6-22(17)18/h1,3-4,6,8,11-13,19,21,29H,2,5,7,9-10,14-16H2/t19-,21-/m0/s1. The lowest BCUT2D eigenvalue weighted by Gasteiger charge is -2.33. The lowest BCUT2D eigenvalue weighted by atomic mass is 10.0. The molecule has 7 heteroatoms. The molecule has 4 heterocycles. The van der Waals surface area contributed by atoms with Gasteiger partial charge in [-0.1, -0.05) is 18.2 Å². The lowest BCUT2D eigenvalue weighted by molar-refractivity contribution is 0.160. The van der Waals surface area contributed by atoms with Gasteiger partial charge in [-0.25, -0.2) is 4.68 Å². The number of aromatic nitrogens is 3. The van der Waals surface area contributed by atoms with E-state index in [1.807, 2.05) is 17.3 Å². The summed E-state index contributed by atoms with van der Waals surface area (Å²) in [5.41, 5.74) is 2.04. The second-order valence-corrected chi connectivity index (χ2v) is 8.43. The van der Waals surface area contributed by atoms with Gasteiger partial charge in [0.25, 0.3) is 5.56 Å². The van der Waals surface area contributed by atoms with Gasteiger partial charge in [-0.2, -0.15) is 5.10 Å². The smallest absolute Gasteiger partial charge is 0.269 e. The van der Waals surface area contributed by atoms with Crippen LogP contribution in [0.25, 0.3) is 10.8 Å². The summed E-state index contributed by atoms with van der Waals surface area (Å²) in [6, 6.07) is 10.2. The first-order valence-corrected chi connectivity index (χ1v) is 10.7. The van der Waals surface area contributed by atoms with Gasteiger partial charge in [0.2, 0.25) is 0 Å². The van der Waals surface area contributed by atoms with Crippen molar-refractivity contribution in [2.75, 3.05) is 31.1 Å². The number of piperidine rings is 1. The quantitative estimate of drug-likeness (QED) is 0.717.